The molecule has 3 rings (SSSR count). The van der Waals surface area contributed by atoms with Gasteiger partial charge in [0.2, 0.25) is 0 Å². The Morgan fingerprint density at radius 2 is 2.05 bits per heavy atom. The lowest BCUT2D eigenvalue weighted by Crippen LogP contribution is -2.31. The van der Waals surface area contributed by atoms with Gasteiger partial charge in [-0.25, -0.2) is 15.4 Å². The molecule has 0 fully saturated rings. The number of nitrogens with one attached hydrogen (secondary N) is 1. The lowest BCUT2D eigenvalue weighted by Gasteiger charge is -2.24. The minimum atomic E-state index is -0.255. The molecule has 2 aromatic rings. The van der Waals surface area contributed by atoms with Gasteiger partial charge in [-0.3, -0.25) is 5.84 Å². The number of rotatable bonds is 3. The molecule has 0 bridgehead atoms. The summed E-state index contributed by atoms with van der Waals surface area (Å²) in [5, 5.41) is 0. The molecule has 0 radical (unpaired) electrons. The van der Waals surface area contributed by atoms with E-state index in [1.165, 1.54) is 5.56 Å². The molecule has 0 saturated carbocycles. The number of para-hydroxylation sites is 1. The van der Waals surface area contributed by atoms with E-state index >= 15 is 0 Å². The molecule has 5 nitrogen and oxygen atoms in total. The van der Waals surface area contributed by atoms with E-state index < -0.39 is 0 Å². The van der Waals surface area contributed by atoms with Crippen LogP contribution in [0, 0.1) is 0 Å². The molecule has 0 aliphatic carbocycles. The highest BCUT2D eigenvalue weighted by Crippen LogP contribution is 2.34. The van der Waals surface area contributed by atoms with Crippen molar-refractivity contribution < 1.29 is 4.74 Å². The van der Waals surface area contributed by atoms with Crippen LogP contribution in [0.4, 0.5) is 0 Å². The van der Waals surface area contributed by atoms with Crippen molar-refractivity contribution in [2.24, 2.45) is 5.84 Å². The first kappa shape index (κ1) is 12.1. The minimum absolute atomic E-state index is 0.255. The average molecular weight is 256 g/mol. The molecule has 1 aliphatic rings. The Hall–Kier alpha value is -1.98. The average Bonchev–Trinajstić information content (AvgIpc) is 2.49. The van der Waals surface area contributed by atoms with Gasteiger partial charge in [0.15, 0.2) is 5.82 Å². The molecule has 0 saturated heterocycles. The zero-order valence-electron chi connectivity index (χ0n) is 10.5. The minimum Gasteiger partial charge on any atom is -0.493 e. The zero-order valence-corrected chi connectivity index (χ0v) is 10.5. The van der Waals surface area contributed by atoms with E-state index in [9.17, 15) is 0 Å². The van der Waals surface area contributed by atoms with Crippen molar-refractivity contribution in [3.63, 3.8) is 0 Å². The Labute approximate surface area is 111 Å². The van der Waals surface area contributed by atoms with Crippen LogP contribution in [0.3, 0.4) is 0 Å². The standard InChI is InChI=1S/C14H16N4O/c15-18-12(14-16-7-3-8-17-14)11-6-1-4-10-5-2-9-19-13(10)11/h1,3-4,6-8,12,18H,2,5,9,15H2. The summed E-state index contributed by atoms with van der Waals surface area (Å²) in [5.41, 5.74) is 4.99. The number of aryl methyl sites for hydroxylation is 1. The van der Waals surface area contributed by atoms with Gasteiger partial charge < -0.3 is 4.74 Å². The summed E-state index contributed by atoms with van der Waals surface area (Å²) in [4.78, 5) is 8.53. The van der Waals surface area contributed by atoms with Crippen LogP contribution in [-0.4, -0.2) is 16.6 Å². The van der Waals surface area contributed by atoms with Crippen LogP contribution < -0.4 is 16.0 Å². The Kier molecular flexibility index (Phi) is 3.39. The second-order valence-electron chi connectivity index (χ2n) is 4.49. The summed E-state index contributed by atoms with van der Waals surface area (Å²) in [6.07, 6.45) is 5.51. The molecular weight excluding hydrogens is 240 g/mol. The predicted octanol–water partition coefficient (Wildman–Crippen LogP) is 1.35. The van der Waals surface area contributed by atoms with E-state index in [4.69, 9.17) is 10.6 Å². The fourth-order valence-corrected chi connectivity index (χ4v) is 2.40. The molecular formula is C14H16N4O. The van der Waals surface area contributed by atoms with Crippen molar-refractivity contribution in [1.29, 1.82) is 0 Å². The number of ether oxygens (including phenoxy) is 1. The maximum absolute atomic E-state index is 5.81. The maximum Gasteiger partial charge on any atom is 0.151 e. The monoisotopic (exact) mass is 256 g/mol. The zero-order chi connectivity index (χ0) is 13.1. The van der Waals surface area contributed by atoms with Gasteiger partial charge in [0.05, 0.1) is 6.61 Å². The molecule has 1 aromatic carbocycles. The smallest absolute Gasteiger partial charge is 0.151 e. The molecule has 1 aromatic heterocycles. The van der Waals surface area contributed by atoms with Crippen LogP contribution >= 0.6 is 0 Å². The SMILES string of the molecule is NNC(c1ncccn1)c1cccc2c1OCCC2. The largest absolute Gasteiger partial charge is 0.493 e. The number of hydrogen-bond acceptors (Lipinski definition) is 5. The summed E-state index contributed by atoms with van der Waals surface area (Å²) in [5.74, 6) is 7.25. The van der Waals surface area contributed by atoms with Gasteiger partial charge in [-0.05, 0) is 24.5 Å². The van der Waals surface area contributed by atoms with Crippen molar-refractivity contribution in [3.8, 4) is 5.75 Å². The number of nitrogens with zero attached hydrogens (tertiary/aromatic N) is 2. The Morgan fingerprint density at radius 3 is 2.84 bits per heavy atom. The number of fused-ring (bicyclic) bond motifs is 1. The highest BCUT2D eigenvalue weighted by Gasteiger charge is 2.23. The van der Waals surface area contributed by atoms with Crippen LogP contribution in [0.2, 0.25) is 0 Å². The molecule has 1 atom stereocenters. The molecule has 19 heavy (non-hydrogen) atoms. The van der Waals surface area contributed by atoms with E-state index in [1.54, 1.807) is 18.5 Å². The summed E-state index contributed by atoms with van der Waals surface area (Å²) >= 11 is 0. The molecule has 1 unspecified atom stereocenters. The van der Waals surface area contributed by atoms with Crippen LogP contribution in [0.15, 0.2) is 36.7 Å². The first-order valence-corrected chi connectivity index (χ1v) is 6.38. The van der Waals surface area contributed by atoms with Crippen molar-refractivity contribution in [1.82, 2.24) is 15.4 Å². The van der Waals surface area contributed by atoms with Crippen molar-refractivity contribution in [3.05, 3.63) is 53.6 Å². The van der Waals surface area contributed by atoms with Gasteiger partial charge in [-0.15, -0.1) is 0 Å². The Bertz CT molecular complexity index is 559. The number of aromatic nitrogens is 2. The first-order valence-electron chi connectivity index (χ1n) is 6.38. The molecule has 98 valence electrons. The lowest BCUT2D eigenvalue weighted by atomic mass is 9.98. The maximum atomic E-state index is 5.81. The molecule has 3 N–H and O–H groups in total. The molecule has 1 aliphatic heterocycles. The van der Waals surface area contributed by atoms with Crippen LogP contribution in [0.25, 0.3) is 0 Å². The van der Waals surface area contributed by atoms with E-state index in [0.29, 0.717) is 5.82 Å². The summed E-state index contributed by atoms with van der Waals surface area (Å²) < 4.78 is 5.81. The number of benzene rings is 1. The van der Waals surface area contributed by atoms with Gasteiger partial charge in [-0.1, -0.05) is 18.2 Å². The van der Waals surface area contributed by atoms with E-state index in [1.807, 2.05) is 12.1 Å². The number of hydrazine groups is 1. The Morgan fingerprint density at radius 1 is 1.21 bits per heavy atom. The van der Waals surface area contributed by atoms with Gasteiger partial charge >= 0.3 is 0 Å². The van der Waals surface area contributed by atoms with Crippen LogP contribution in [0.5, 0.6) is 5.75 Å². The summed E-state index contributed by atoms with van der Waals surface area (Å²) in [7, 11) is 0. The number of hydrogen-bond donors (Lipinski definition) is 2. The fraction of sp³-hybridized carbons (Fsp3) is 0.286. The van der Waals surface area contributed by atoms with Gasteiger partial charge in [0.25, 0.3) is 0 Å². The highest BCUT2D eigenvalue weighted by molar-refractivity contribution is 5.46. The van der Waals surface area contributed by atoms with Crippen LogP contribution in [-0.2, 0) is 6.42 Å². The van der Waals surface area contributed by atoms with E-state index in [2.05, 4.69) is 21.5 Å². The lowest BCUT2D eigenvalue weighted by molar-refractivity contribution is 0.282. The normalized spacial score (nSPS) is 15.4. The fourth-order valence-electron chi connectivity index (χ4n) is 2.40. The molecule has 2 heterocycles. The molecule has 0 spiro atoms. The highest BCUT2D eigenvalue weighted by atomic mass is 16.5. The van der Waals surface area contributed by atoms with Gasteiger partial charge in [-0.2, -0.15) is 0 Å². The van der Waals surface area contributed by atoms with Crippen molar-refractivity contribution in [2.75, 3.05) is 6.61 Å². The second kappa shape index (κ2) is 5.34. The third kappa shape index (κ3) is 2.30. The third-order valence-corrected chi connectivity index (χ3v) is 3.29. The third-order valence-electron chi connectivity index (χ3n) is 3.29. The predicted molar refractivity (Wildman–Crippen MR) is 71.5 cm³/mol. The molecule has 5 heteroatoms. The molecule has 0 amide bonds. The van der Waals surface area contributed by atoms with Gasteiger partial charge in [0, 0.05) is 18.0 Å². The van der Waals surface area contributed by atoms with Crippen molar-refractivity contribution in [2.45, 2.75) is 18.9 Å². The topological polar surface area (TPSA) is 73.1 Å². The van der Waals surface area contributed by atoms with Crippen LogP contribution in [0.1, 0.15) is 29.4 Å². The Balaban J connectivity index is 2.05. The first-order chi connectivity index (χ1) is 9.40. The second-order valence-corrected chi connectivity index (χ2v) is 4.49. The van der Waals surface area contributed by atoms with E-state index in [-0.39, 0.29) is 6.04 Å². The number of nitrogens with two attached hydrogens (primary N) is 1. The summed E-state index contributed by atoms with van der Waals surface area (Å²) in [6.45, 7) is 0.747. The van der Waals surface area contributed by atoms with Crippen molar-refractivity contribution >= 4 is 0 Å². The van der Waals surface area contributed by atoms with Gasteiger partial charge in [0.1, 0.15) is 11.8 Å². The quantitative estimate of drug-likeness (QED) is 0.640. The summed E-state index contributed by atoms with van der Waals surface area (Å²) in [6, 6.07) is 7.65. The van der Waals surface area contributed by atoms with E-state index in [0.717, 1.165) is 30.8 Å².